The van der Waals surface area contributed by atoms with Crippen LogP contribution in [-0.2, 0) is 9.59 Å². The topological polar surface area (TPSA) is 56.8 Å². The zero-order valence-corrected chi connectivity index (χ0v) is 21.6. The number of aromatic nitrogens is 1. The lowest BCUT2D eigenvalue weighted by atomic mass is 9.75. The lowest BCUT2D eigenvalue weighted by Crippen LogP contribution is -2.52. The summed E-state index contributed by atoms with van der Waals surface area (Å²) < 4.78 is 6.02. The van der Waals surface area contributed by atoms with E-state index in [-0.39, 0.29) is 17.2 Å². The summed E-state index contributed by atoms with van der Waals surface area (Å²) in [5.41, 5.74) is -0.00105. The molecular weight excluding hydrogens is 456 g/mol. The second-order valence-electron chi connectivity index (χ2n) is 11.6. The lowest BCUT2D eigenvalue weighted by molar-refractivity contribution is -0.154. The number of imide groups is 1. The molecule has 2 saturated heterocycles. The Balaban J connectivity index is 1.06. The number of carbonyl (C=O) groups excluding carboxylic acids is 2. The van der Waals surface area contributed by atoms with Crippen LogP contribution in [0.1, 0.15) is 64.2 Å². The van der Waals surface area contributed by atoms with Gasteiger partial charge in [-0.1, -0.05) is 37.8 Å². The number of benzene rings is 1. The number of anilines is 1. The molecule has 2 aromatic rings. The van der Waals surface area contributed by atoms with Crippen LogP contribution < -0.4 is 4.90 Å². The van der Waals surface area contributed by atoms with E-state index in [9.17, 15) is 9.59 Å². The van der Waals surface area contributed by atoms with Crippen molar-refractivity contribution in [2.45, 2.75) is 64.2 Å². The fourth-order valence-corrected chi connectivity index (χ4v) is 8.09. The summed E-state index contributed by atoms with van der Waals surface area (Å²) in [5, 5.41) is 1.27. The Labute approximate surface area is 212 Å². The van der Waals surface area contributed by atoms with E-state index in [0.717, 1.165) is 57.8 Å². The maximum atomic E-state index is 13.1. The van der Waals surface area contributed by atoms with Gasteiger partial charge in [-0.25, -0.2) is 0 Å². The van der Waals surface area contributed by atoms with E-state index in [4.69, 9.17) is 4.37 Å². The molecule has 0 bridgehead atoms. The van der Waals surface area contributed by atoms with E-state index in [1.165, 1.54) is 42.2 Å². The number of carbonyl (C=O) groups is 2. The molecule has 1 spiro atoms. The normalized spacial score (nSPS) is 27.9. The first-order valence-electron chi connectivity index (χ1n) is 13.8. The molecule has 188 valence electrons. The molecule has 3 heterocycles. The van der Waals surface area contributed by atoms with E-state index < -0.39 is 0 Å². The molecule has 2 atom stereocenters. The molecule has 1 aromatic heterocycles. The number of fused-ring (bicyclic) bond motifs is 1. The van der Waals surface area contributed by atoms with Gasteiger partial charge in [0.05, 0.1) is 4.70 Å². The van der Waals surface area contributed by atoms with Crippen LogP contribution in [0.4, 0.5) is 5.82 Å². The van der Waals surface area contributed by atoms with Crippen LogP contribution in [0.5, 0.6) is 0 Å². The van der Waals surface area contributed by atoms with Crippen LogP contribution in [-0.4, -0.2) is 65.3 Å². The van der Waals surface area contributed by atoms with Gasteiger partial charge < -0.3 is 4.90 Å². The molecule has 2 aliphatic heterocycles. The summed E-state index contributed by atoms with van der Waals surface area (Å²) in [6.45, 7) is 5.88. The third-order valence-electron chi connectivity index (χ3n) is 9.33. The van der Waals surface area contributed by atoms with Gasteiger partial charge in [-0.2, -0.15) is 4.37 Å². The molecule has 35 heavy (non-hydrogen) atoms. The van der Waals surface area contributed by atoms with Crippen molar-refractivity contribution in [1.82, 2.24) is 14.2 Å². The number of piperidine rings is 1. The summed E-state index contributed by atoms with van der Waals surface area (Å²) in [5.74, 6) is 2.39. The highest BCUT2D eigenvalue weighted by Crippen LogP contribution is 2.47. The average molecular weight is 495 g/mol. The van der Waals surface area contributed by atoms with Crippen molar-refractivity contribution in [2.75, 3.05) is 44.2 Å². The van der Waals surface area contributed by atoms with E-state index in [0.29, 0.717) is 31.2 Å². The Morgan fingerprint density at radius 3 is 2.23 bits per heavy atom. The van der Waals surface area contributed by atoms with E-state index in [1.54, 1.807) is 16.4 Å². The molecule has 2 unspecified atom stereocenters. The van der Waals surface area contributed by atoms with Crippen molar-refractivity contribution in [1.29, 1.82) is 0 Å². The SMILES string of the molecule is O=C1CC2(CCCC2)CC(=O)N1CC1CCCCC1CN1CCN(c2nsc3ccccc23)CC1. The first kappa shape index (κ1) is 23.4. The quantitative estimate of drug-likeness (QED) is 0.552. The fraction of sp³-hybridized carbons (Fsp3) is 0.679. The minimum Gasteiger partial charge on any atom is -0.353 e. The van der Waals surface area contributed by atoms with Gasteiger partial charge in [-0.15, -0.1) is 0 Å². The van der Waals surface area contributed by atoms with Gasteiger partial charge in [0.15, 0.2) is 0 Å². The largest absolute Gasteiger partial charge is 0.353 e. The number of rotatable bonds is 5. The highest BCUT2D eigenvalue weighted by molar-refractivity contribution is 7.13. The van der Waals surface area contributed by atoms with E-state index in [2.05, 4.69) is 34.1 Å². The van der Waals surface area contributed by atoms with Crippen molar-refractivity contribution in [3.8, 4) is 0 Å². The molecule has 0 radical (unpaired) electrons. The van der Waals surface area contributed by atoms with Gasteiger partial charge in [-0.3, -0.25) is 19.4 Å². The van der Waals surface area contributed by atoms with Crippen LogP contribution in [0.15, 0.2) is 24.3 Å². The molecule has 4 aliphatic rings. The minimum atomic E-state index is -0.00105. The molecule has 2 aliphatic carbocycles. The molecule has 0 N–H and O–H groups in total. The van der Waals surface area contributed by atoms with E-state index >= 15 is 0 Å². The summed E-state index contributed by atoms with van der Waals surface area (Å²) in [6, 6.07) is 8.53. The first-order chi connectivity index (χ1) is 17.1. The van der Waals surface area contributed by atoms with Gasteiger partial charge in [-0.05, 0) is 66.6 Å². The molecule has 7 heteroatoms. The molecular formula is C28H38N4O2S. The van der Waals surface area contributed by atoms with Crippen molar-refractivity contribution >= 4 is 39.3 Å². The monoisotopic (exact) mass is 494 g/mol. The van der Waals surface area contributed by atoms with Crippen LogP contribution in [0.25, 0.3) is 10.1 Å². The van der Waals surface area contributed by atoms with Crippen molar-refractivity contribution in [3.63, 3.8) is 0 Å². The Kier molecular flexibility index (Phi) is 6.56. The fourth-order valence-electron chi connectivity index (χ4n) is 7.29. The standard InChI is InChI=1S/C28H38N4O2S/c33-25-17-28(11-5-6-12-28)18-26(34)32(25)20-22-8-2-1-7-21(22)19-30-13-15-31(16-14-30)27-23-9-3-4-10-24(23)35-29-27/h3-4,9-10,21-22H,1-2,5-8,11-20H2. The zero-order chi connectivity index (χ0) is 23.8. The number of hydrogen-bond acceptors (Lipinski definition) is 6. The Morgan fingerprint density at radius 2 is 1.51 bits per heavy atom. The van der Waals surface area contributed by atoms with Crippen molar-refractivity contribution in [2.24, 2.45) is 17.3 Å². The number of hydrogen-bond donors (Lipinski definition) is 0. The summed E-state index contributed by atoms with van der Waals surface area (Å²) >= 11 is 1.60. The van der Waals surface area contributed by atoms with Crippen LogP contribution in [0.2, 0.25) is 0 Å². The summed E-state index contributed by atoms with van der Waals surface area (Å²) in [4.78, 5) is 32.8. The number of piperazine rings is 1. The predicted molar refractivity (Wildman–Crippen MR) is 141 cm³/mol. The van der Waals surface area contributed by atoms with Gasteiger partial charge in [0.1, 0.15) is 5.82 Å². The number of amides is 2. The second kappa shape index (κ2) is 9.81. The highest BCUT2D eigenvalue weighted by Gasteiger charge is 2.46. The zero-order valence-electron chi connectivity index (χ0n) is 20.8. The van der Waals surface area contributed by atoms with Crippen molar-refractivity contribution in [3.05, 3.63) is 24.3 Å². The lowest BCUT2D eigenvalue weighted by Gasteiger charge is -2.43. The third kappa shape index (κ3) is 4.74. The molecule has 2 amide bonds. The van der Waals surface area contributed by atoms with Crippen LogP contribution in [0, 0.1) is 17.3 Å². The Morgan fingerprint density at radius 1 is 0.857 bits per heavy atom. The summed E-state index contributed by atoms with van der Waals surface area (Å²) in [7, 11) is 0. The average Bonchev–Trinajstić information content (AvgIpc) is 3.50. The second-order valence-corrected chi connectivity index (χ2v) is 12.4. The molecule has 2 saturated carbocycles. The Bertz CT molecular complexity index is 1050. The number of likely N-dealkylation sites (tertiary alicyclic amines) is 1. The van der Waals surface area contributed by atoms with Crippen LogP contribution in [0.3, 0.4) is 0 Å². The first-order valence-corrected chi connectivity index (χ1v) is 14.5. The minimum absolute atomic E-state index is 0.00105. The maximum absolute atomic E-state index is 13.1. The predicted octanol–water partition coefficient (Wildman–Crippen LogP) is 4.93. The maximum Gasteiger partial charge on any atom is 0.229 e. The summed E-state index contributed by atoms with van der Waals surface area (Å²) in [6.07, 6.45) is 10.6. The number of nitrogens with zero attached hydrogens (tertiary/aromatic N) is 4. The van der Waals surface area contributed by atoms with Gasteiger partial charge in [0.25, 0.3) is 0 Å². The van der Waals surface area contributed by atoms with Gasteiger partial charge >= 0.3 is 0 Å². The third-order valence-corrected chi connectivity index (χ3v) is 10.1. The molecule has 4 fully saturated rings. The molecule has 1 aromatic carbocycles. The van der Waals surface area contributed by atoms with Crippen molar-refractivity contribution < 1.29 is 9.59 Å². The van der Waals surface area contributed by atoms with Gasteiger partial charge in [0.2, 0.25) is 11.8 Å². The molecule has 6 rings (SSSR count). The van der Waals surface area contributed by atoms with Gasteiger partial charge in [0, 0.05) is 57.5 Å². The highest BCUT2D eigenvalue weighted by atomic mass is 32.1. The Hall–Kier alpha value is -1.99. The van der Waals surface area contributed by atoms with E-state index in [1.807, 2.05) is 0 Å². The smallest absolute Gasteiger partial charge is 0.229 e. The van der Waals surface area contributed by atoms with Crippen LogP contribution >= 0.6 is 11.5 Å². The molecule has 6 nitrogen and oxygen atoms in total.